The fraction of sp³-hybridized carbons (Fsp3) is 0.700. The van der Waals surface area contributed by atoms with Gasteiger partial charge >= 0.3 is 0 Å². The van der Waals surface area contributed by atoms with Gasteiger partial charge in [-0.05, 0) is 26.8 Å². The number of hydrogen-bond donors (Lipinski definition) is 2. The largest absolute Gasteiger partial charge is 0.389 e. The van der Waals surface area contributed by atoms with E-state index >= 15 is 0 Å². The van der Waals surface area contributed by atoms with Crippen molar-refractivity contribution in [1.29, 1.82) is 0 Å². The second-order valence-electron chi connectivity index (χ2n) is 4.20. The normalized spacial score (nSPS) is 14.4. The highest BCUT2D eigenvalue weighted by molar-refractivity contribution is 5.00. The summed E-state index contributed by atoms with van der Waals surface area (Å²) in [6.45, 7) is 6.29. The summed E-state index contributed by atoms with van der Waals surface area (Å²) in [6, 6.07) is 2.02. The Morgan fingerprint density at radius 2 is 2.29 bits per heavy atom. The van der Waals surface area contributed by atoms with Gasteiger partial charge in [0.1, 0.15) is 0 Å². The summed E-state index contributed by atoms with van der Waals surface area (Å²) in [6.07, 6.45) is 1.77. The standard InChI is InChI=1S/C10H19N3O/c1-8(10(2,3)14)11-7-9-5-6-12-13(9)4/h5-6,8,11,14H,7H2,1-4H3. The van der Waals surface area contributed by atoms with Crippen LogP contribution in [-0.2, 0) is 13.6 Å². The molecule has 0 aliphatic carbocycles. The Bertz CT molecular complexity index is 288. The van der Waals surface area contributed by atoms with Gasteiger partial charge in [0.15, 0.2) is 0 Å². The number of nitrogens with one attached hydrogen (secondary N) is 1. The van der Waals surface area contributed by atoms with Crippen LogP contribution in [-0.4, -0.2) is 26.5 Å². The molecular formula is C10H19N3O. The van der Waals surface area contributed by atoms with Crippen molar-refractivity contribution in [2.75, 3.05) is 0 Å². The van der Waals surface area contributed by atoms with E-state index in [-0.39, 0.29) is 6.04 Å². The monoisotopic (exact) mass is 197 g/mol. The maximum atomic E-state index is 9.70. The second-order valence-corrected chi connectivity index (χ2v) is 4.20. The summed E-state index contributed by atoms with van der Waals surface area (Å²) in [4.78, 5) is 0. The van der Waals surface area contributed by atoms with Gasteiger partial charge in [-0.2, -0.15) is 5.10 Å². The fourth-order valence-electron chi connectivity index (χ4n) is 1.08. The van der Waals surface area contributed by atoms with E-state index in [4.69, 9.17) is 0 Å². The van der Waals surface area contributed by atoms with Crippen LogP contribution in [0.3, 0.4) is 0 Å². The SMILES string of the molecule is CC(NCc1ccnn1C)C(C)(C)O. The van der Waals surface area contributed by atoms with E-state index in [9.17, 15) is 5.11 Å². The fourth-order valence-corrected chi connectivity index (χ4v) is 1.08. The molecule has 0 bridgehead atoms. The van der Waals surface area contributed by atoms with E-state index < -0.39 is 5.60 Å². The number of nitrogens with zero attached hydrogens (tertiary/aromatic N) is 2. The minimum absolute atomic E-state index is 0.0531. The van der Waals surface area contributed by atoms with Crippen LogP contribution in [0.15, 0.2) is 12.3 Å². The number of aliphatic hydroxyl groups is 1. The molecule has 0 saturated heterocycles. The van der Waals surface area contributed by atoms with Crippen LogP contribution in [0.4, 0.5) is 0 Å². The molecule has 0 aliphatic heterocycles. The van der Waals surface area contributed by atoms with Gasteiger partial charge in [0, 0.05) is 25.8 Å². The zero-order valence-electron chi connectivity index (χ0n) is 9.28. The molecular weight excluding hydrogens is 178 g/mol. The molecule has 4 heteroatoms. The minimum Gasteiger partial charge on any atom is -0.389 e. The molecule has 0 aliphatic rings. The van der Waals surface area contributed by atoms with Crippen LogP contribution in [0.2, 0.25) is 0 Å². The Morgan fingerprint density at radius 3 is 2.71 bits per heavy atom. The van der Waals surface area contributed by atoms with Crippen molar-refractivity contribution in [1.82, 2.24) is 15.1 Å². The first kappa shape index (κ1) is 11.2. The Hall–Kier alpha value is -0.870. The lowest BCUT2D eigenvalue weighted by atomic mass is 10.0. The van der Waals surface area contributed by atoms with Crippen molar-refractivity contribution in [3.05, 3.63) is 18.0 Å². The average Bonchev–Trinajstić information content (AvgIpc) is 2.45. The van der Waals surface area contributed by atoms with Crippen LogP contribution < -0.4 is 5.32 Å². The summed E-state index contributed by atoms with van der Waals surface area (Å²) >= 11 is 0. The molecule has 0 saturated carbocycles. The zero-order chi connectivity index (χ0) is 10.8. The molecule has 0 radical (unpaired) electrons. The molecule has 1 unspecified atom stereocenters. The summed E-state index contributed by atoms with van der Waals surface area (Å²) in [5.41, 5.74) is 0.416. The molecule has 0 fully saturated rings. The lowest BCUT2D eigenvalue weighted by Crippen LogP contribution is -2.44. The van der Waals surface area contributed by atoms with Crippen molar-refractivity contribution in [2.24, 2.45) is 7.05 Å². The van der Waals surface area contributed by atoms with E-state index in [0.29, 0.717) is 0 Å². The van der Waals surface area contributed by atoms with Crippen molar-refractivity contribution in [2.45, 2.75) is 39.0 Å². The first-order valence-corrected chi connectivity index (χ1v) is 4.84. The van der Waals surface area contributed by atoms with Crippen LogP contribution >= 0.6 is 0 Å². The average molecular weight is 197 g/mol. The summed E-state index contributed by atoms with van der Waals surface area (Å²) in [5, 5.41) is 17.0. The van der Waals surface area contributed by atoms with Crippen LogP contribution in [0, 0.1) is 0 Å². The predicted molar refractivity (Wildman–Crippen MR) is 55.8 cm³/mol. The lowest BCUT2D eigenvalue weighted by molar-refractivity contribution is 0.0435. The van der Waals surface area contributed by atoms with E-state index in [0.717, 1.165) is 12.2 Å². The molecule has 1 atom stereocenters. The van der Waals surface area contributed by atoms with Crippen molar-refractivity contribution >= 4 is 0 Å². The summed E-state index contributed by atoms with van der Waals surface area (Å²) < 4.78 is 1.82. The van der Waals surface area contributed by atoms with Gasteiger partial charge in [0.2, 0.25) is 0 Å². The predicted octanol–water partition coefficient (Wildman–Crippen LogP) is 0.669. The van der Waals surface area contributed by atoms with Crippen LogP contribution in [0.1, 0.15) is 26.5 Å². The Labute approximate surface area is 84.9 Å². The van der Waals surface area contributed by atoms with Gasteiger partial charge in [0.05, 0.1) is 11.3 Å². The van der Waals surface area contributed by atoms with Crippen LogP contribution in [0.25, 0.3) is 0 Å². The molecule has 4 nitrogen and oxygen atoms in total. The summed E-state index contributed by atoms with van der Waals surface area (Å²) in [7, 11) is 1.91. The number of rotatable bonds is 4. The molecule has 80 valence electrons. The minimum atomic E-state index is -0.696. The Balaban J connectivity index is 2.46. The van der Waals surface area contributed by atoms with Gasteiger partial charge in [-0.1, -0.05) is 0 Å². The topological polar surface area (TPSA) is 50.1 Å². The molecule has 2 N–H and O–H groups in total. The molecule has 0 amide bonds. The second kappa shape index (κ2) is 4.11. The highest BCUT2D eigenvalue weighted by atomic mass is 16.3. The van der Waals surface area contributed by atoms with Crippen molar-refractivity contribution in [3.8, 4) is 0 Å². The molecule has 1 rings (SSSR count). The van der Waals surface area contributed by atoms with Gasteiger partial charge < -0.3 is 10.4 Å². The summed E-state index contributed by atoms with van der Waals surface area (Å²) in [5.74, 6) is 0. The molecule has 0 aromatic carbocycles. The highest BCUT2D eigenvalue weighted by Gasteiger charge is 2.21. The number of aromatic nitrogens is 2. The van der Waals surface area contributed by atoms with E-state index in [2.05, 4.69) is 10.4 Å². The number of hydrogen-bond acceptors (Lipinski definition) is 3. The van der Waals surface area contributed by atoms with Crippen LogP contribution in [0.5, 0.6) is 0 Å². The maximum Gasteiger partial charge on any atom is 0.0741 e. The van der Waals surface area contributed by atoms with Crippen molar-refractivity contribution < 1.29 is 5.11 Å². The Morgan fingerprint density at radius 1 is 1.64 bits per heavy atom. The first-order chi connectivity index (χ1) is 6.41. The Kier molecular flexibility index (Phi) is 3.29. The third-order valence-corrected chi connectivity index (χ3v) is 2.57. The number of aryl methyl sites for hydroxylation is 1. The third kappa shape index (κ3) is 2.82. The molecule has 1 aromatic heterocycles. The molecule has 1 heterocycles. The molecule has 1 aromatic rings. The quantitative estimate of drug-likeness (QED) is 0.746. The van der Waals surface area contributed by atoms with Crippen molar-refractivity contribution in [3.63, 3.8) is 0 Å². The molecule has 14 heavy (non-hydrogen) atoms. The van der Waals surface area contributed by atoms with Gasteiger partial charge in [0.25, 0.3) is 0 Å². The first-order valence-electron chi connectivity index (χ1n) is 4.84. The van der Waals surface area contributed by atoms with E-state index in [1.165, 1.54) is 0 Å². The van der Waals surface area contributed by atoms with E-state index in [1.54, 1.807) is 20.0 Å². The highest BCUT2D eigenvalue weighted by Crippen LogP contribution is 2.08. The molecule has 0 spiro atoms. The smallest absolute Gasteiger partial charge is 0.0741 e. The van der Waals surface area contributed by atoms with Gasteiger partial charge in [-0.15, -0.1) is 0 Å². The zero-order valence-corrected chi connectivity index (χ0v) is 9.28. The third-order valence-electron chi connectivity index (χ3n) is 2.57. The van der Waals surface area contributed by atoms with Gasteiger partial charge in [-0.25, -0.2) is 0 Å². The van der Waals surface area contributed by atoms with E-state index in [1.807, 2.05) is 24.7 Å². The van der Waals surface area contributed by atoms with Gasteiger partial charge in [-0.3, -0.25) is 4.68 Å². The lowest BCUT2D eigenvalue weighted by Gasteiger charge is -2.26. The maximum absolute atomic E-state index is 9.70.